The lowest BCUT2D eigenvalue weighted by Crippen LogP contribution is -2.69. The summed E-state index contributed by atoms with van der Waals surface area (Å²) in [6.07, 6.45) is -81.1. The monoisotopic (exact) mass is 1350 g/mol. The summed E-state index contributed by atoms with van der Waals surface area (Å²) in [4.78, 5) is 0. The minimum absolute atomic E-state index is 0.445. The summed E-state index contributed by atoms with van der Waals surface area (Å²) in [5, 5.41) is 270. The molecule has 41 nitrogen and oxygen atoms in total. The number of aliphatic hydroxyl groups is 24. The van der Waals surface area contributed by atoms with Gasteiger partial charge >= 0.3 is 0 Å². The number of ether oxygens (including phenoxy) is 15. The molecule has 40 atom stereocenters. The largest absolute Gasteiger partial charge is 0.394 e. The summed E-state index contributed by atoms with van der Waals surface area (Å²) in [5.41, 5.74) is 0. The lowest BCUT2D eigenvalue weighted by molar-refractivity contribution is -0.396. The van der Waals surface area contributed by atoms with E-state index in [2.05, 4.69) is 10.6 Å². The second-order valence-electron chi connectivity index (χ2n) is 23.1. The zero-order valence-electron chi connectivity index (χ0n) is 47.5. The van der Waals surface area contributed by atoms with Crippen LogP contribution in [0.2, 0.25) is 0 Å². The van der Waals surface area contributed by atoms with Crippen LogP contribution in [0, 0.1) is 0 Å². The van der Waals surface area contributed by atoms with Crippen LogP contribution in [0.4, 0.5) is 0 Å². The van der Waals surface area contributed by atoms with Crippen molar-refractivity contribution < 1.29 is 194 Å². The van der Waals surface area contributed by atoms with E-state index >= 15 is 0 Å². The van der Waals surface area contributed by atoms with Crippen LogP contribution in [0.1, 0.15) is 0 Å². The van der Waals surface area contributed by atoms with E-state index in [0.717, 1.165) is 0 Å². The van der Waals surface area contributed by atoms with Gasteiger partial charge in [-0.25, -0.2) is 0 Å². The first-order valence-electron chi connectivity index (χ1n) is 29.0. The summed E-state index contributed by atoms with van der Waals surface area (Å²) in [6.45, 7) is -8.09. The third kappa shape index (κ3) is 14.9. The standard InChI is InChI=1S/C49H82N2O39S/c52-2-10-17(59)18(60)26(68)41(76-10)51-49(91)50-1-9-34-19(61)27(69)42(77-9)85-35-11(3-53)79-44(29(71)21(35)63)87-37-13(5-55)81-46(31(73)23(37)65)89-39-15(7-57)83-48(33(75)25(39)67)90-40-16(8-58)82-47(32(74)24(40)66)88-38-14(6-56)80-45(30(72)22(38)64)86-36-12(4-54)78-43(84-34)28(70)20(36)62/h9-48,52-75H,1-8H2,(H2,50,51,91)/t9-,10-,11-,12+,13-,14+,15-,16+,17-,18+,19-,20-,21-,22-,23+,24-,25-,26+,27-,28-,29+,30-,31+,32-,33-,34-,35-,36-,37-,38-,39-,40-,41+,42-,43-,44-,45-,46-,47-,48-/m1/s1. The molecule has 22 aliphatic heterocycles. The van der Waals surface area contributed by atoms with E-state index < -0.39 is 303 Å². The van der Waals surface area contributed by atoms with E-state index in [-0.39, 0.29) is 0 Å². The summed E-state index contributed by atoms with van der Waals surface area (Å²) in [7, 11) is 0. The normalized spacial score (nSPS) is 53.7. The summed E-state index contributed by atoms with van der Waals surface area (Å²) in [6, 6.07) is 0. The molecule has 0 saturated carbocycles. The van der Waals surface area contributed by atoms with Gasteiger partial charge in [-0.2, -0.15) is 0 Å². The van der Waals surface area contributed by atoms with Gasteiger partial charge in [0.05, 0.1) is 46.2 Å². The molecule has 0 aliphatic carbocycles. The Morgan fingerprint density at radius 3 is 0.659 bits per heavy atom. The Morgan fingerprint density at radius 2 is 0.440 bits per heavy atom. The van der Waals surface area contributed by atoms with Gasteiger partial charge < -0.3 is 204 Å². The van der Waals surface area contributed by atoms with E-state index in [1.807, 2.05) is 0 Å². The second kappa shape index (κ2) is 31.3. The predicted molar refractivity (Wildman–Crippen MR) is 279 cm³/mol. The number of aliphatic hydroxyl groups excluding tert-OH is 24. The second-order valence-corrected chi connectivity index (χ2v) is 23.5. The van der Waals surface area contributed by atoms with Gasteiger partial charge in [0.2, 0.25) is 0 Å². The Hall–Kier alpha value is -1.87. The number of thiocarbonyl (C=S) groups is 1. The van der Waals surface area contributed by atoms with Crippen LogP contribution < -0.4 is 10.6 Å². The number of hydrogen-bond acceptors (Lipinski definition) is 40. The number of rotatable bonds is 10. The molecule has 0 amide bonds. The van der Waals surface area contributed by atoms with Gasteiger partial charge in [0.25, 0.3) is 0 Å². The van der Waals surface area contributed by atoms with Crippen LogP contribution in [0.15, 0.2) is 0 Å². The van der Waals surface area contributed by atoms with E-state index in [1.54, 1.807) is 0 Å². The molecule has 14 bridgehead atoms. The van der Waals surface area contributed by atoms with Crippen molar-refractivity contribution in [1.29, 1.82) is 0 Å². The van der Waals surface area contributed by atoms with Gasteiger partial charge in [-0.15, -0.1) is 0 Å². The SMILES string of the molecule is OC[C@@H]1O[C@@H]2O[C@H]3[C@H](O)[C@@H](O)[C@@H](O[C@H]4[C@H](O)[C@@H](O)[C@@H](O[C@H]5[C@H](O)[C@H](O)[C@@H](O[C@H]6[C@@H](O)[C@H](O)[C@@H](O[C@H]7[C@H](O)[C@@H](O)[C@@H](O[C@H]8[C@H](O)[C@@H](O)[C@@H](O[C@H]1[C@H](O)[C@H]2O)O[C@H]8CO)O[C@@H]7CO)O[C@@H]6CO)O[C@@H]5CO)O[C@@H]4CNC(=S)N[C@H]1O[C@H](CO)[C@@H](O)[C@H](O)[C@@H]1O)O[C@H]3CO. The maximum Gasteiger partial charge on any atom is 0.187 e. The van der Waals surface area contributed by atoms with Crippen molar-refractivity contribution in [3.05, 3.63) is 0 Å². The zero-order chi connectivity index (χ0) is 66.3. The molecule has 0 aromatic rings. The van der Waals surface area contributed by atoms with Gasteiger partial charge in [0.1, 0.15) is 195 Å². The Balaban J connectivity index is 1.01. The van der Waals surface area contributed by atoms with Crippen LogP contribution >= 0.6 is 12.2 Å². The van der Waals surface area contributed by atoms with Gasteiger partial charge in [-0.3, -0.25) is 0 Å². The Bertz CT molecular complexity index is 2270. The van der Waals surface area contributed by atoms with E-state index in [0.29, 0.717) is 0 Å². The maximum absolute atomic E-state index is 11.9. The molecule has 528 valence electrons. The fourth-order valence-electron chi connectivity index (χ4n) is 12.0. The van der Waals surface area contributed by atoms with E-state index in [1.165, 1.54) is 0 Å². The van der Waals surface area contributed by atoms with E-state index in [4.69, 9.17) is 83.3 Å². The third-order valence-electron chi connectivity index (χ3n) is 17.2. The molecule has 22 heterocycles. The molecule has 22 aliphatic rings. The average molecular weight is 1360 g/mol. The highest BCUT2D eigenvalue weighted by molar-refractivity contribution is 7.80. The van der Waals surface area contributed by atoms with Crippen LogP contribution in [0.5, 0.6) is 0 Å². The zero-order valence-corrected chi connectivity index (χ0v) is 48.3. The number of nitrogens with one attached hydrogen (secondary N) is 2. The molecule has 22 saturated heterocycles. The van der Waals surface area contributed by atoms with Crippen molar-refractivity contribution >= 4 is 17.3 Å². The lowest BCUT2D eigenvalue weighted by Gasteiger charge is -2.50. The minimum atomic E-state index is -2.32. The molecule has 22 fully saturated rings. The minimum Gasteiger partial charge on any atom is -0.394 e. The highest BCUT2D eigenvalue weighted by atomic mass is 32.1. The van der Waals surface area contributed by atoms with Gasteiger partial charge in [-0.1, -0.05) is 0 Å². The third-order valence-corrected chi connectivity index (χ3v) is 17.5. The van der Waals surface area contributed by atoms with Crippen LogP contribution in [-0.4, -0.2) is 426 Å². The van der Waals surface area contributed by atoms with Crippen molar-refractivity contribution in [3.63, 3.8) is 0 Å². The fraction of sp³-hybridized carbons (Fsp3) is 0.980. The smallest absolute Gasteiger partial charge is 0.187 e. The first kappa shape index (κ1) is 73.4. The summed E-state index contributed by atoms with van der Waals surface area (Å²) >= 11 is 5.36. The molecular formula is C49H82N2O39S. The van der Waals surface area contributed by atoms with E-state index in [9.17, 15) is 123 Å². The highest BCUT2D eigenvalue weighted by Crippen LogP contribution is 2.39. The van der Waals surface area contributed by atoms with Gasteiger partial charge in [0, 0.05) is 6.54 Å². The lowest BCUT2D eigenvalue weighted by atomic mass is 9.95. The molecule has 91 heavy (non-hydrogen) atoms. The van der Waals surface area contributed by atoms with Crippen LogP contribution in [0.3, 0.4) is 0 Å². The van der Waals surface area contributed by atoms with Gasteiger partial charge in [0.15, 0.2) is 55.4 Å². The van der Waals surface area contributed by atoms with Crippen molar-refractivity contribution in [2.45, 2.75) is 246 Å². The fourth-order valence-corrected chi connectivity index (χ4v) is 12.2. The topological polar surface area (TPSA) is 648 Å². The van der Waals surface area contributed by atoms with Crippen molar-refractivity contribution in [1.82, 2.24) is 10.6 Å². The first-order chi connectivity index (χ1) is 43.2. The Labute approximate surface area is 518 Å². The molecule has 0 unspecified atom stereocenters. The molecular weight excluding hydrogens is 1270 g/mol. The molecule has 0 aromatic carbocycles. The molecule has 26 N–H and O–H groups in total. The Morgan fingerprint density at radius 1 is 0.231 bits per heavy atom. The summed E-state index contributed by atoms with van der Waals surface area (Å²) in [5.74, 6) is 0. The van der Waals surface area contributed by atoms with Crippen LogP contribution in [-0.2, 0) is 71.1 Å². The molecule has 0 radical (unpaired) electrons. The number of hydrogen-bond donors (Lipinski definition) is 26. The van der Waals surface area contributed by atoms with Crippen LogP contribution in [0.25, 0.3) is 0 Å². The molecule has 0 spiro atoms. The van der Waals surface area contributed by atoms with Crippen molar-refractivity contribution in [3.8, 4) is 0 Å². The Kier molecular flexibility index (Phi) is 25.3. The van der Waals surface area contributed by atoms with Crippen molar-refractivity contribution in [2.75, 3.05) is 52.8 Å². The summed E-state index contributed by atoms with van der Waals surface area (Å²) < 4.78 is 86.4. The quantitative estimate of drug-likeness (QED) is 0.0903. The average Bonchev–Trinajstić information content (AvgIpc) is 0.825. The molecule has 22 rings (SSSR count). The molecule has 0 aromatic heterocycles. The predicted octanol–water partition coefficient (Wildman–Crippen LogP) is -18.0. The first-order valence-corrected chi connectivity index (χ1v) is 29.4. The highest BCUT2D eigenvalue weighted by Gasteiger charge is 2.60. The maximum atomic E-state index is 11.9. The molecule has 42 heteroatoms. The van der Waals surface area contributed by atoms with Gasteiger partial charge in [-0.05, 0) is 12.2 Å². The van der Waals surface area contributed by atoms with Crippen molar-refractivity contribution in [2.24, 2.45) is 0 Å².